The zero-order chi connectivity index (χ0) is 14.7. The van der Waals surface area contributed by atoms with Crippen LogP contribution in [0.5, 0.6) is 0 Å². The number of halogens is 1. The largest absolute Gasteiger partial charge is 0.334 e. The highest BCUT2D eigenvalue weighted by Gasteiger charge is 2.30. The van der Waals surface area contributed by atoms with Crippen LogP contribution in [-0.4, -0.2) is 34.2 Å². The van der Waals surface area contributed by atoms with E-state index in [4.69, 9.17) is 11.6 Å². The van der Waals surface area contributed by atoms with E-state index in [1.54, 1.807) is 17.0 Å². The van der Waals surface area contributed by atoms with Gasteiger partial charge in [0.1, 0.15) is 5.56 Å². The molecule has 0 spiro atoms. The van der Waals surface area contributed by atoms with E-state index >= 15 is 0 Å². The molecule has 2 rings (SSSR count). The Kier molecular flexibility index (Phi) is 4.60. The first-order chi connectivity index (χ1) is 9.54. The molecule has 1 atom stereocenters. The van der Waals surface area contributed by atoms with Crippen molar-refractivity contribution in [3.63, 3.8) is 0 Å². The molecule has 6 heteroatoms. The monoisotopic (exact) mass is 296 g/mol. The lowest BCUT2D eigenvalue weighted by Gasteiger charge is -2.34. The summed E-state index contributed by atoms with van der Waals surface area (Å²) in [7, 11) is 0. The minimum absolute atomic E-state index is 0.0296. The Morgan fingerprint density at radius 3 is 2.90 bits per heavy atom. The van der Waals surface area contributed by atoms with Gasteiger partial charge in [-0.1, -0.05) is 6.07 Å². The van der Waals surface area contributed by atoms with Crippen molar-refractivity contribution in [1.82, 2.24) is 4.90 Å². The van der Waals surface area contributed by atoms with E-state index in [2.05, 4.69) is 0 Å². The molecule has 1 fully saturated rings. The van der Waals surface area contributed by atoms with Crippen molar-refractivity contribution in [2.24, 2.45) is 0 Å². The van der Waals surface area contributed by atoms with Crippen LogP contribution in [0.1, 0.15) is 35.2 Å². The predicted molar refractivity (Wildman–Crippen MR) is 77.2 cm³/mol. The third-order valence-electron chi connectivity index (χ3n) is 3.65. The Hall–Kier alpha value is -1.62. The van der Waals surface area contributed by atoms with Crippen LogP contribution in [0.25, 0.3) is 0 Å². The molecule has 20 heavy (non-hydrogen) atoms. The van der Waals surface area contributed by atoms with Crippen molar-refractivity contribution >= 4 is 23.2 Å². The molecule has 1 amide bonds. The Morgan fingerprint density at radius 2 is 2.25 bits per heavy atom. The second-order valence-corrected chi connectivity index (χ2v) is 5.39. The van der Waals surface area contributed by atoms with Crippen molar-refractivity contribution in [2.45, 2.75) is 32.2 Å². The van der Waals surface area contributed by atoms with Crippen molar-refractivity contribution in [3.8, 4) is 0 Å². The van der Waals surface area contributed by atoms with Crippen LogP contribution in [0.2, 0.25) is 0 Å². The lowest BCUT2D eigenvalue weighted by Crippen LogP contribution is -2.44. The molecule has 1 aliphatic rings. The Morgan fingerprint density at radius 1 is 1.50 bits per heavy atom. The van der Waals surface area contributed by atoms with Gasteiger partial charge in [0.15, 0.2) is 0 Å². The quantitative estimate of drug-likeness (QED) is 0.489. The van der Waals surface area contributed by atoms with Crippen molar-refractivity contribution in [1.29, 1.82) is 0 Å². The van der Waals surface area contributed by atoms with Gasteiger partial charge in [-0.2, -0.15) is 0 Å². The maximum absolute atomic E-state index is 12.6. The molecule has 0 bridgehead atoms. The highest BCUT2D eigenvalue weighted by Crippen LogP contribution is 2.26. The van der Waals surface area contributed by atoms with Gasteiger partial charge < -0.3 is 4.90 Å². The SMILES string of the molecule is Cc1ccc([N+](=O)[O-])c(C(=O)N2CCCCC2CCl)c1. The fourth-order valence-corrected chi connectivity index (χ4v) is 2.88. The normalized spacial score (nSPS) is 18.9. The Labute approximate surface area is 122 Å². The van der Waals surface area contributed by atoms with E-state index in [1.165, 1.54) is 6.07 Å². The average Bonchev–Trinajstić information content (AvgIpc) is 2.46. The van der Waals surface area contributed by atoms with Crippen LogP contribution < -0.4 is 0 Å². The van der Waals surface area contributed by atoms with Gasteiger partial charge in [0.2, 0.25) is 0 Å². The number of nitro groups is 1. The molecule has 0 saturated carbocycles. The van der Waals surface area contributed by atoms with E-state index in [9.17, 15) is 14.9 Å². The van der Waals surface area contributed by atoms with Gasteiger partial charge in [0, 0.05) is 24.5 Å². The number of piperidine rings is 1. The Bertz CT molecular complexity index is 533. The van der Waals surface area contributed by atoms with E-state index in [0.29, 0.717) is 12.4 Å². The van der Waals surface area contributed by atoms with Crippen LogP contribution >= 0.6 is 11.6 Å². The molecule has 5 nitrogen and oxygen atoms in total. The summed E-state index contributed by atoms with van der Waals surface area (Å²) in [6, 6.07) is 4.59. The summed E-state index contributed by atoms with van der Waals surface area (Å²) in [6.07, 6.45) is 2.81. The first-order valence-corrected chi connectivity index (χ1v) is 7.20. The highest BCUT2D eigenvalue weighted by atomic mass is 35.5. The van der Waals surface area contributed by atoms with Gasteiger partial charge in [-0.05, 0) is 37.8 Å². The van der Waals surface area contributed by atoms with Gasteiger partial charge >= 0.3 is 0 Å². The standard InChI is InChI=1S/C14H17ClN2O3/c1-10-5-6-13(17(19)20)12(8-10)14(18)16-7-3-2-4-11(16)9-15/h5-6,8,11H,2-4,7,9H2,1H3. The summed E-state index contributed by atoms with van der Waals surface area (Å²) in [6.45, 7) is 2.43. The number of nitro benzene ring substituents is 1. The van der Waals surface area contributed by atoms with Crippen molar-refractivity contribution in [3.05, 3.63) is 39.4 Å². The van der Waals surface area contributed by atoms with Gasteiger partial charge in [-0.3, -0.25) is 14.9 Å². The van der Waals surface area contributed by atoms with E-state index in [1.807, 2.05) is 6.92 Å². The molecule has 0 aromatic heterocycles. The summed E-state index contributed by atoms with van der Waals surface area (Å²) in [4.78, 5) is 24.9. The fraction of sp³-hybridized carbons (Fsp3) is 0.500. The summed E-state index contributed by atoms with van der Waals surface area (Å²) in [5.74, 6) is 0.0801. The Balaban J connectivity index is 2.36. The molecule has 1 aromatic rings. The third kappa shape index (κ3) is 2.93. The van der Waals surface area contributed by atoms with Gasteiger partial charge in [0.05, 0.1) is 4.92 Å². The predicted octanol–water partition coefficient (Wildman–Crippen LogP) is 3.14. The minimum atomic E-state index is -0.508. The molecule has 0 N–H and O–H groups in total. The molecule has 108 valence electrons. The molecule has 1 saturated heterocycles. The second-order valence-electron chi connectivity index (χ2n) is 5.08. The van der Waals surface area contributed by atoms with Crippen LogP contribution in [0.4, 0.5) is 5.69 Å². The number of likely N-dealkylation sites (tertiary alicyclic amines) is 1. The number of carbonyl (C=O) groups excluding carboxylic acids is 1. The summed E-state index contributed by atoms with van der Waals surface area (Å²) < 4.78 is 0. The highest BCUT2D eigenvalue weighted by molar-refractivity contribution is 6.18. The molecule has 1 heterocycles. The first-order valence-electron chi connectivity index (χ1n) is 6.66. The average molecular weight is 297 g/mol. The number of carbonyl (C=O) groups is 1. The zero-order valence-corrected chi connectivity index (χ0v) is 12.1. The summed E-state index contributed by atoms with van der Waals surface area (Å²) >= 11 is 5.91. The number of hydrogen-bond acceptors (Lipinski definition) is 3. The topological polar surface area (TPSA) is 63.5 Å². The number of nitrogens with zero attached hydrogens (tertiary/aromatic N) is 2. The van der Waals surface area contributed by atoms with Crippen LogP contribution in [-0.2, 0) is 0 Å². The number of benzene rings is 1. The third-order valence-corrected chi connectivity index (χ3v) is 4.00. The van der Waals surface area contributed by atoms with Gasteiger partial charge in [0.25, 0.3) is 11.6 Å². The summed E-state index contributed by atoms with van der Waals surface area (Å²) in [5.41, 5.74) is 0.852. The molecule has 0 aliphatic carbocycles. The molecular weight excluding hydrogens is 280 g/mol. The second kappa shape index (κ2) is 6.22. The van der Waals surface area contributed by atoms with E-state index < -0.39 is 4.92 Å². The van der Waals surface area contributed by atoms with Crippen LogP contribution in [0.3, 0.4) is 0 Å². The lowest BCUT2D eigenvalue weighted by atomic mass is 10.0. The molecule has 1 aromatic carbocycles. The van der Waals surface area contributed by atoms with Crippen LogP contribution in [0.15, 0.2) is 18.2 Å². The first kappa shape index (κ1) is 14.8. The van der Waals surface area contributed by atoms with E-state index in [0.717, 1.165) is 24.8 Å². The van der Waals surface area contributed by atoms with E-state index in [-0.39, 0.29) is 23.2 Å². The lowest BCUT2D eigenvalue weighted by molar-refractivity contribution is -0.385. The minimum Gasteiger partial charge on any atom is -0.334 e. The van der Waals surface area contributed by atoms with Crippen LogP contribution in [0, 0.1) is 17.0 Å². The maximum Gasteiger partial charge on any atom is 0.282 e. The number of hydrogen-bond donors (Lipinski definition) is 0. The number of alkyl halides is 1. The fourth-order valence-electron chi connectivity index (χ4n) is 2.56. The molecule has 1 aliphatic heterocycles. The zero-order valence-electron chi connectivity index (χ0n) is 11.3. The number of aryl methyl sites for hydroxylation is 1. The van der Waals surface area contributed by atoms with Crippen molar-refractivity contribution in [2.75, 3.05) is 12.4 Å². The number of amides is 1. The maximum atomic E-state index is 12.6. The smallest absolute Gasteiger partial charge is 0.282 e. The van der Waals surface area contributed by atoms with Crippen molar-refractivity contribution < 1.29 is 9.72 Å². The molecule has 0 radical (unpaired) electrons. The summed E-state index contributed by atoms with van der Waals surface area (Å²) in [5, 5.41) is 11.1. The molecular formula is C14H17ClN2O3. The van der Waals surface area contributed by atoms with Gasteiger partial charge in [-0.25, -0.2) is 0 Å². The van der Waals surface area contributed by atoms with Gasteiger partial charge in [-0.15, -0.1) is 11.6 Å². The number of rotatable bonds is 3. The molecule has 1 unspecified atom stereocenters.